The lowest BCUT2D eigenvalue weighted by atomic mass is 10.1. The van der Waals surface area contributed by atoms with E-state index >= 15 is 0 Å². The molecule has 0 rings (SSSR count). The van der Waals surface area contributed by atoms with Gasteiger partial charge >= 0.3 is 10.5 Å². The number of aliphatic hydroxyl groups is 1. The van der Waals surface area contributed by atoms with Crippen LogP contribution in [0.3, 0.4) is 0 Å². The van der Waals surface area contributed by atoms with Crippen LogP contribution >= 0.6 is 0 Å². The van der Waals surface area contributed by atoms with Gasteiger partial charge in [-0.1, -0.05) is 13.3 Å². The number of nitrogens with zero attached hydrogens (tertiary/aromatic N) is 1. The lowest BCUT2D eigenvalue weighted by molar-refractivity contribution is 0.273. The predicted octanol–water partition coefficient (Wildman–Crippen LogP) is 0.600. The lowest BCUT2D eigenvalue weighted by Gasteiger charge is -2.04. The Morgan fingerprint density at radius 1 is 1.45 bits per heavy atom. The van der Waals surface area contributed by atoms with Crippen LogP contribution in [0, 0.1) is 0 Å². The third kappa shape index (κ3) is 6.00. The Morgan fingerprint density at radius 2 is 2.09 bits per heavy atom. The van der Waals surface area contributed by atoms with Crippen LogP contribution in [0.2, 0.25) is 0 Å². The molecular formula is C6H13NO3S. The SMILES string of the molecule is CCCC(CCO)N=S(=O)=O. The van der Waals surface area contributed by atoms with Crippen LogP contribution < -0.4 is 0 Å². The van der Waals surface area contributed by atoms with E-state index in [0.29, 0.717) is 12.8 Å². The average Bonchev–Trinajstić information content (AvgIpc) is 1.87. The zero-order valence-corrected chi connectivity index (χ0v) is 7.34. The van der Waals surface area contributed by atoms with E-state index in [0.717, 1.165) is 6.42 Å². The molecule has 1 unspecified atom stereocenters. The Hall–Kier alpha value is -0.420. The van der Waals surface area contributed by atoms with Gasteiger partial charge in [-0.15, -0.1) is 0 Å². The van der Waals surface area contributed by atoms with E-state index in [4.69, 9.17) is 5.11 Å². The van der Waals surface area contributed by atoms with Crippen molar-refractivity contribution in [1.29, 1.82) is 0 Å². The summed E-state index contributed by atoms with van der Waals surface area (Å²) in [5.74, 6) is 0. The molecule has 0 aliphatic heterocycles. The molecular weight excluding hydrogens is 166 g/mol. The molecule has 0 fully saturated rings. The quantitative estimate of drug-likeness (QED) is 0.672. The molecule has 5 heteroatoms. The molecule has 0 radical (unpaired) electrons. The van der Waals surface area contributed by atoms with Gasteiger partial charge in [-0.2, -0.15) is 12.8 Å². The lowest BCUT2D eigenvalue weighted by Crippen LogP contribution is -2.05. The minimum Gasteiger partial charge on any atom is -0.396 e. The summed E-state index contributed by atoms with van der Waals surface area (Å²) in [6.07, 6.45) is 2.03. The first-order valence-electron chi connectivity index (χ1n) is 3.61. The van der Waals surface area contributed by atoms with Gasteiger partial charge in [0.05, 0.1) is 6.04 Å². The minimum absolute atomic E-state index is 0.00856. The molecule has 0 saturated heterocycles. The fraction of sp³-hybridized carbons (Fsp3) is 1.00. The van der Waals surface area contributed by atoms with Crippen LogP contribution in [-0.4, -0.2) is 26.2 Å². The highest BCUT2D eigenvalue weighted by atomic mass is 32.2. The summed E-state index contributed by atoms with van der Waals surface area (Å²) in [6, 6.07) is -0.233. The maximum Gasteiger partial charge on any atom is 0.311 e. The molecule has 0 saturated carbocycles. The summed E-state index contributed by atoms with van der Waals surface area (Å²) in [6.45, 7) is 1.94. The van der Waals surface area contributed by atoms with Crippen LogP contribution in [0.4, 0.5) is 0 Å². The number of hydrogen-bond donors (Lipinski definition) is 1. The summed E-state index contributed by atoms with van der Waals surface area (Å²) in [5.41, 5.74) is 0. The Morgan fingerprint density at radius 3 is 2.45 bits per heavy atom. The molecule has 0 aromatic carbocycles. The second kappa shape index (κ2) is 6.30. The van der Waals surface area contributed by atoms with E-state index in [1.165, 1.54) is 0 Å². The zero-order chi connectivity index (χ0) is 8.69. The Labute approximate surface area is 68.0 Å². The van der Waals surface area contributed by atoms with E-state index in [2.05, 4.69) is 4.36 Å². The van der Waals surface area contributed by atoms with Crippen molar-refractivity contribution in [2.75, 3.05) is 6.61 Å². The molecule has 0 aliphatic rings. The first kappa shape index (κ1) is 10.6. The van der Waals surface area contributed by atoms with Gasteiger partial charge in [0.25, 0.3) is 0 Å². The molecule has 0 aromatic heterocycles. The van der Waals surface area contributed by atoms with Crippen molar-refractivity contribution in [3.8, 4) is 0 Å². The van der Waals surface area contributed by atoms with Gasteiger partial charge in [0.1, 0.15) is 0 Å². The van der Waals surface area contributed by atoms with Gasteiger partial charge in [-0.25, -0.2) is 0 Å². The Balaban J connectivity index is 3.99. The third-order valence-corrected chi connectivity index (χ3v) is 1.79. The smallest absolute Gasteiger partial charge is 0.311 e. The van der Waals surface area contributed by atoms with Crippen LogP contribution in [0.25, 0.3) is 0 Å². The van der Waals surface area contributed by atoms with E-state index in [-0.39, 0.29) is 12.6 Å². The highest BCUT2D eigenvalue weighted by Crippen LogP contribution is 2.05. The summed E-state index contributed by atoms with van der Waals surface area (Å²) in [7, 11) is -2.33. The van der Waals surface area contributed by atoms with E-state index in [9.17, 15) is 8.42 Å². The van der Waals surface area contributed by atoms with Crippen molar-refractivity contribution in [2.24, 2.45) is 4.36 Å². The second-order valence-corrected chi connectivity index (χ2v) is 2.92. The van der Waals surface area contributed by atoms with Crippen molar-refractivity contribution >= 4 is 10.5 Å². The zero-order valence-electron chi connectivity index (χ0n) is 6.52. The first-order chi connectivity index (χ1) is 5.20. The average molecular weight is 179 g/mol. The number of hydrogen-bond acceptors (Lipinski definition) is 4. The highest BCUT2D eigenvalue weighted by Gasteiger charge is 2.04. The molecule has 66 valence electrons. The van der Waals surface area contributed by atoms with Gasteiger partial charge in [0.2, 0.25) is 0 Å². The van der Waals surface area contributed by atoms with E-state index in [1.807, 2.05) is 6.92 Å². The largest absolute Gasteiger partial charge is 0.396 e. The molecule has 0 aliphatic carbocycles. The molecule has 1 N–H and O–H groups in total. The molecule has 0 spiro atoms. The van der Waals surface area contributed by atoms with Crippen molar-refractivity contribution in [1.82, 2.24) is 0 Å². The maximum absolute atomic E-state index is 10.1. The topological polar surface area (TPSA) is 66.7 Å². The molecule has 0 bridgehead atoms. The summed E-state index contributed by atoms with van der Waals surface area (Å²) in [5, 5.41) is 8.52. The fourth-order valence-electron chi connectivity index (χ4n) is 0.854. The second-order valence-electron chi connectivity index (χ2n) is 2.28. The Bertz CT molecular complexity index is 196. The van der Waals surface area contributed by atoms with Crippen LogP contribution in [-0.2, 0) is 10.5 Å². The number of rotatable bonds is 5. The molecule has 0 amide bonds. The Kier molecular flexibility index (Phi) is 6.06. The van der Waals surface area contributed by atoms with Crippen LogP contribution in [0.5, 0.6) is 0 Å². The predicted molar refractivity (Wildman–Crippen MR) is 41.7 cm³/mol. The summed E-state index contributed by atoms with van der Waals surface area (Å²) < 4.78 is 23.6. The summed E-state index contributed by atoms with van der Waals surface area (Å²) >= 11 is 0. The normalized spacial score (nSPS) is 12.5. The van der Waals surface area contributed by atoms with Crippen molar-refractivity contribution in [2.45, 2.75) is 32.2 Å². The van der Waals surface area contributed by atoms with Crippen LogP contribution in [0.1, 0.15) is 26.2 Å². The van der Waals surface area contributed by atoms with Crippen molar-refractivity contribution in [3.05, 3.63) is 0 Å². The fourth-order valence-corrected chi connectivity index (χ4v) is 1.31. The van der Waals surface area contributed by atoms with E-state index in [1.54, 1.807) is 0 Å². The van der Waals surface area contributed by atoms with Crippen LogP contribution in [0.15, 0.2) is 4.36 Å². The third-order valence-electron chi connectivity index (χ3n) is 1.32. The molecule has 11 heavy (non-hydrogen) atoms. The van der Waals surface area contributed by atoms with E-state index < -0.39 is 10.5 Å². The standard InChI is InChI=1S/C6H13NO3S/c1-2-3-6(4-5-8)7-11(9)10/h6,8H,2-5H2,1H3. The molecule has 0 heterocycles. The van der Waals surface area contributed by atoms with Crippen molar-refractivity contribution < 1.29 is 13.5 Å². The highest BCUT2D eigenvalue weighted by molar-refractivity contribution is 7.61. The summed E-state index contributed by atoms with van der Waals surface area (Å²) in [4.78, 5) is 0. The molecule has 4 nitrogen and oxygen atoms in total. The maximum atomic E-state index is 10.1. The van der Waals surface area contributed by atoms with Gasteiger partial charge in [0, 0.05) is 6.61 Å². The first-order valence-corrected chi connectivity index (χ1v) is 4.65. The monoisotopic (exact) mass is 179 g/mol. The van der Waals surface area contributed by atoms with Gasteiger partial charge in [-0.05, 0) is 12.8 Å². The molecule has 0 aromatic rings. The minimum atomic E-state index is -2.33. The number of aliphatic hydroxyl groups excluding tert-OH is 1. The van der Waals surface area contributed by atoms with Gasteiger partial charge in [-0.3, -0.25) is 0 Å². The van der Waals surface area contributed by atoms with Gasteiger partial charge in [0.15, 0.2) is 0 Å². The van der Waals surface area contributed by atoms with Gasteiger partial charge < -0.3 is 5.11 Å². The molecule has 1 atom stereocenters. The van der Waals surface area contributed by atoms with Crippen molar-refractivity contribution in [3.63, 3.8) is 0 Å².